The maximum atomic E-state index is 11.2. The summed E-state index contributed by atoms with van der Waals surface area (Å²) in [6, 6.07) is 4.46. The van der Waals surface area contributed by atoms with Crippen LogP contribution in [0.2, 0.25) is 0 Å². The molecule has 0 aliphatic rings. The number of nitrogens with zero attached hydrogens (tertiary/aromatic N) is 2. The number of hydrogen-bond acceptors (Lipinski definition) is 3. The lowest BCUT2D eigenvalue weighted by Crippen LogP contribution is -2.26. The third-order valence-corrected chi connectivity index (χ3v) is 1.89. The first-order chi connectivity index (χ1) is 6.70. The van der Waals surface area contributed by atoms with Crippen molar-refractivity contribution in [1.82, 2.24) is 4.98 Å². The quantitative estimate of drug-likeness (QED) is 0.526. The Kier molecular flexibility index (Phi) is 1.78. The van der Waals surface area contributed by atoms with Crippen LogP contribution >= 0.6 is 0 Å². The maximum Gasteiger partial charge on any atom is 0.338 e. The molecule has 5 heteroatoms. The highest BCUT2D eigenvalue weighted by molar-refractivity contribution is 5.99. The highest BCUT2D eigenvalue weighted by Gasteiger charge is 2.13. The molecular weight excluding hydrogens is 184 g/mol. The molecule has 0 atom stereocenters. The molecule has 0 spiro atoms. The van der Waals surface area contributed by atoms with Crippen molar-refractivity contribution in [2.75, 3.05) is 0 Å². The Morgan fingerprint density at radius 3 is 3.00 bits per heavy atom. The molecule has 0 aliphatic carbocycles. The number of aromatic carboxylic acids is 1. The van der Waals surface area contributed by atoms with E-state index >= 15 is 0 Å². The molecule has 0 bridgehead atoms. The fourth-order valence-electron chi connectivity index (χ4n) is 1.27. The maximum absolute atomic E-state index is 11.2. The van der Waals surface area contributed by atoms with Crippen molar-refractivity contribution in [3.8, 4) is 0 Å². The molecule has 0 aliphatic heterocycles. The third kappa shape index (κ3) is 1.15. The molecule has 1 N–H and O–H groups in total. The fraction of sp³-hybridized carbons (Fsp3) is 0. The van der Waals surface area contributed by atoms with Gasteiger partial charge >= 0.3 is 5.97 Å². The van der Waals surface area contributed by atoms with Crippen LogP contribution in [0.15, 0.2) is 30.6 Å². The van der Waals surface area contributed by atoms with E-state index < -0.39 is 5.97 Å². The lowest BCUT2D eigenvalue weighted by atomic mass is 10.2. The van der Waals surface area contributed by atoms with E-state index in [1.165, 1.54) is 30.6 Å². The number of carbonyl (C=O) groups is 1. The van der Waals surface area contributed by atoms with Gasteiger partial charge in [-0.2, -0.15) is 4.73 Å². The van der Waals surface area contributed by atoms with Gasteiger partial charge in [-0.15, -0.1) is 0 Å². The fourth-order valence-corrected chi connectivity index (χ4v) is 1.27. The summed E-state index contributed by atoms with van der Waals surface area (Å²) < 4.78 is 0.592. The molecule has 0 saturated heterocycles. The van der Waals surface area contributed by atoms with Gasteiger partial charge in [0.2, 0.25) is 5.52 Å². The summed E-state index contributed by atoms with van der Waals surface area (Å²) in [5.74, 6) is -1.09. The Morgan fingerprint density at radius 1 is 1.50 bits per heavy atom. The molecule has 70 valence electrons. The number of para-hydroxylation sites is 1. The number of rotatable bonds is 1. The third-order valence-electron chi connectivity index (χ3n) is 1.89. The zero-order valence-corrected chi connectivity index (χ0v) is 7.04. The van der Waals surface area contributed by atoms with Crippen LogP contribution in [0.1, 0.15) is 10.4 Å². The van der Waals surface area contributed by atoms with Gasteiger partial charge in [0, 0.05) is 6.07 Å². The molecule has 0 unspecified atom stereocenters. The molecular formula is C9H6N2O3. The second-order valence-electron chi connectivity index (χ2n) is 2.73. The second kappa shape index (κ2) is 2.95. The molecule has 2 rings (SSSR count). The van der Waals surface area contributed by atoms with Crippen LogP contribution in [-0.2, 0) is 0 Å². The van der Waals surface area contributed by atoms with Crippen molar-refractivity contribution >= 4 is 17.0 Å². The van der Waals surface area contributed by atoms with Crippen LogP contribution < -0.4 is 4.73 Å². The first-order valence-electron chi connectivity index (χ1n) is 3.90. The summed E-state index contributed by atoms with van der Waals surface area (Å²) in [6.45, 7) is 0. The minimum atomic E-state index is -1.09. The minimum absolute atomic E-state index is 0.0349. The predicted molar refractivity (Wildman–Crippen MR) is 47.7 cm³/mol. The van der Waals surface area contributed by atoms with Gasteiger partial charge in [0.15, 0.2) is 11.7 Å². The smallest absolute Gasteiger partial charge is 0.338 e. The Morgan fingerprint density at radius 2 is 2.29 bits per heavy atom. The summed E-state index contributed by atoms with van der Waals surface area (Å²) in [5, 5.41) is 20.1. The summed E-state index contributed by atoms with van der Waals surface area (Å²) in [6.07, 6.45) is 2.51. The summed E-state index contributed by atoms with van der Waals surface area (Å²) in [7, 11) is 0. The average molecular weight is 190 g/mol. The standard InChI is InChI=1S/C9H6N2O3/c12-9(13)6-2-1-3-7-8(6)10-4-5-11(7)14/h1-5H,(H,12,13). The number of fused-ring (bicyclic) bond motifs is 1. The minimum Gasteiger partial charge on any atom is -0.618 e. The zero-order chi connectivity index (χ0) is 10.1. The van der Waals surface area contributed by atoms with E-state index in [1.807, 2.05) is 0 Å². The number of aromatic nitrogens is 2. The Balaban J connectivity index is 2.88. The highest BCUT2D eigenvalue weighted by atomic mass is 16.5. The molecule has 0 radical (unpaired) electrons. The molecule has 0 amide bonds. The van der Waals surface area contributed by atoms with Crippen molar-refractivity contribution in [3.63, 3.8) is 0 Å². The first-order valence-corrected chi connectivity index (χ1v) is 3.90. The molecule has 0 saturated carbocycles. The van der Waals surface area contributed by atoms with Gasteiger partial charge in [0.05, 0.1) is 11.8 Å². The van der Waals surface area contributed by atoms with Gasteiger partial charge in [-0.1, -0.05) is 6.07 Å². The normalized spacial score (nSPS) is 10.3. The van der Waals surface area contributed by atoms with E-state index in [0.29, 0.717) is 4.73 Å². The van der Waals surface area contributed by atoms with E-state index in [0.717, 1.165) is 0 Å². The van der Waals surface area contributed by atoms with Crippen molar-refractivity contribution in [2.45, 2.75) is 0 Å². The SMILES string of the molecule is O=C(O)c1cccc2c1ncc[n+]2[O-]. The average Bonchev–Trinajstić information content (AvgIpc) is 2.17. The van der Waals surface area contributed by atoms with E-state index in [-0.39, 0.29) is 16.6 Å². The molecule has 0 fully saturated rings. The highest BCUT2D eigenvalue weighted by Crippen LogP contribution is 2.12. The summed E-state index contributed by atoms with van der Waals surface area (Å²) >= 11 is 0. The number of benzene rings is 1. The van der Waals surface area contributed by atoms with Crippen LogP contribution in [-0.4, -0.2) is 16.1 Å². The van der Waals surface area contributed by atoms with Gasteiger partial charge in [-0.05, 0) is 6.07 Å². The molecule has 2 aromatic rings. The van der Waals surface area contributed by atoms with E-state index in [1.54, 1.807) is 0 Å². The molecule has 5 nitrogen and oxygen atoms in total. The first kappa shape index (κ1) is 8.43. The number of carboxylic acid groups (broad SMARTS) is 1. The molecule has 1 heterocycles. The molecule has 1 aromatic heterocycles. The summed E-state index contributed by atoms with van der Waals surface area (Å²) in [4.78, 5) is 14.6. The number of carboxylic acids is 1. The van der Waals surface area contributed by atoms with Crippen LogP contribution in [0.4, 0.5) is 0 Å². The van der Waals surface area contributed by atoms with Gasteiger partial charge in [0.1, 0.15) is 0 Å². The number of hydrogen-bond donors (Lipinski definition) is 1. The lowest BCUT2D eigenvalue weighted by molar-refractivity contribution is -0.577. The van der Waals surface area contributed by atoms with Crippen molar-refractivity contribution in [2.24, 2.45) is 0 Å². The van der Waals surface area contributed by atoms with Crippen molar-refractivity contribution in [3.05, 3.63) is 41.4 Å². The van der Waals surface area contributed by atoms with Crippen LogP contribution in [0.3, 0.4) is 0 Å². The zero-order valence-electron chi connectivity index (χ0n) is 7.04. The van der Waals surface area contributed by atoms with Crippen molar-refractivity contribution < 1.29 is 14.6 Å². The molecule has 14 heavy (non-hydrogen) atoms. The van der Waals surface area contributed by atoms with Crippen LogP contribution in [0, 0.1) is 5.21 Å². The second-order valence-corrected chi connectivity index (χ2v) is 2.73. The van der Waals surface area contributed by atoms with E-state index in [2.05, 4.69) is 4.98 Å². The predicted octanol–water partition coefficient (Wildman–Crippen LogP) is 0.566. The van der Waals surface area contributed by atoms with Gasteiger partial charge in [-0.25, -0.2) is 9.78 Å². The van der Waals surface area contributed by atoms with E-state index in [4.69, 9.17) is 5.11 Å². The Labute approximate surface area is 78.8 Å². The largest absolute Gasteiger partial charge is 0.618 e. The van der Waals surface area contributed by atoms with Gasteiger partial charge in [-0.3, -0.25) is 0 Å². The van der Waals surface area contributed by atoms with Crippen molar-refractivity contribution in [1.29, 1.82) is 0 Å². The lowest BCUT2D eigenvalue weighted by Gasteiger charge is -2.01. The summed E-state index contributed by atoms with van der Waals surface area (Å²) in [5.41, 5.74) is 0.498. The monoisotopic (exact) mass is 190 g/mol. The Bertz CT molecular complexity index is 510. The van der Waals surface area contributed by atoms with Gasteiger partial charge in [0.25, 0.3) is 0 Å². The Hall–Kier alpha value is -2.17. The van der Waals surface area contributed by atoms with E-state index in [9.17, 15) is 10.0 Å². The topological polar surface area (TPSA) is 77.1 Å². The molecule has 1 aromatic carbocycles. The van der Waals surface area contributed by atoms with Crippen LogP contribution in [0.5, 0.6) is 0 Å². The van der Waals surface area contributed by atoms with Crippen LogP contribution in [0.25, 0.3) is 11.0 Å². The van der Waals surface area contributed by atoms with Gasteiger partial charge < -0.3 is 10.3 Å².